The molecule has 8 heteroatoms. The zero-order chi connectivity index (χ0) is 22.0. The van der Waals surface area contributed by atoms with Crippen LogP contribution in [0, 0.1) is 11.6 Å². The highest BCUT2D eigenvalue weighted by Crippen LogP contribution is 2.28. The predicted octanol–water partition coefficient (Wildman–Crippen LogP) is 6.20. The molecule has 156 valence electrons. The first-order valence-electron chi connectivity index (χ1n) is 9.05. The van der Waals surface area contributed by atoms with Gasteiger partial charge in [-0.3, -0.25) is 0 Å². The zero-order valence-corrected chi connectivity index (χ0v) is 17.3. The van der Waals surface area contributed by atoms with E-state index in [-0.39, 0.29) is 28.8 Å². The molecule has 31 heavy (non-hydrogen) atoms. The normalized spacial score (nSPS) is 14.5. The fraction of sp³-hybridized carbons (Fsp3) is 0.0435. The van der Waals surface area contributed by atoms with Crippen molar-refractivity contribution in [1.82, 2.24) is 0 Å². The number of ether oxygens (including phenoxy) is 2. The highest BCUT2D eigenvalue weighted by atomic mass is 35.5. The third-order valence-corrected chi connectivity index (χ3v) is 5.09. The van der Waals surface area contributed by atoms with E-state index in [1.54, 1.807) is 30.3 Å². The number of nitrogens with zero attached hydrogens (tertiary/aromatic N) is 1. The van der Waals surface area contributed by atoms with E-state index >= 15 is 0 Å². The van der Waals surface area contributed by atoms with Gasteiger partial charge in [0, 0.05) is 16.1 Å². The maximum atomic E-state index is 13.6. The van der Waals surface area contributed by atoms with Gasteiger partial charge >= 0.3 is 5.97 Å². The Morgan fingerprint density at radius 3 is 2.48 bits per heavy atom. The number of aliphatic imine (C=N–C) groups is 1. The molecule has 3 aromatic carbocycles. The number of carbonyl (C=O) groups excluding carboxylic acids is 1. The second-order valence-corrected chi connectivity index (χ2v) is 7.31. The maximum Gasteiger partial charge on any atom is 0.363 e. The van der Waals surface area contributed by atoms with Crippen molar-refractivity contribution in [3.63, 3.8) is 0 Å². The molecule has 4 nitrogen and oxygen atoms in total. The third-order valence-electron chi connectivity index (χ3n) is 4.41. The molecule has 0 spiro atoms. The van der Waals surface area contributed by atoms with Gasteiger partial charge in [-0.15, -0.1) is 0 Å². The minimum Gasteiger partial charge on any atom is -0.488 e. The molecule has 1 heterocycles. The Labute approximate surface area is 186 Å². The van der Waals surface area contributed by atoms with Crippen molar-refractivity contribution in [2.45, 2.75) is 6.61 Å². The summed E-state index contributed by atoms with van der Waals surface area (Å²) in [5, 5.41) is 0.450. The van der Waals surface area contributed by atoms with Gasteiger partial charge in [0.15, 0.2) is 17.3 Å². The fourth-order valence-corrected chi connectivity index (χ4v) is 3.28. The summed E-state index contributed by atoms with van der Waals surface area (Å²) in [6, 6.07) is 15.9. The van der Waals surface area contributed by atoms with Gasteiger partial charge in [0.25, 0.3) is 0 Å². The lowest BCUT2D eigenvalue weighted by molar-refractivity contribution is -0.129. The summed E-state index contributed by atoms with van der Waals surface area (Å²) < 4.78 is 37.9. The molecule has 3 aromatic rings. The van der Waals surface area contributed by atoms with Crippen LogP contribution in [-0.4, -0.2) is 11.9 Å². The number of para-hydroxylation sites is 1. The van der Waals surface area contributed by atoms with E-state index in [1.807, 2.05) is 18.2 Å². The summed E-state index contributed by atoms with van der Waals surface area (Å²) in [6.45, 7) is 0.225. The van der Waals surface area contributed by atoms with Crippen LogP contribution in [0.5, 0.6) is 5.75 Å². The molecule has 0 radical (unpaired) electrons. The van der Waals surface area contributed by atoms with E-state index in [9.17, 15) is 13.6 Å². The van der Waals surface area contributed by atoms with E-state index < -0.39 is 17.6 Å². The van der Waals surface area contributed by atoms with E-state index in [2.05, 4.69) is 4.99 Å². The molecule has 4 rings (SSSR count). The Bertz CT molecular complexity index is 1240. The van der Waals surface area contributed by atoms with Crippen LogP contribution in [0.25, 0.3) is 6.08 Å². The fourth-order valence-electron chi connectivity index (χ4n) is 2.86. The molecule has 0 saturated carbocycles. The standard InChI is InChI=1S/C23H13Cl2F2NO3/c24-16-7-3-1-6-14(16)12-30-21-8-4-2-5-13(21)9-20-23(29)31-22(28-20)15-10-18(26)19(27)11-17(15)25/h1-11H,12H2/b20-9-. The highest BCUT2D eigenvalue weighted by Gasteiger charge is 2.27. The maximum absolute atomic E-state index is 13.6. The van der Waals surface area contributed by atoms with Crippen LogP contribution in [0.3, 0.4) is 0 Å². The van der Waals surface area contributed by atoms with E-state index in [0.29, 0.717) is 16.3 Å². The first-order chi connectivity index (χ1) is 14.9. The van der Waals surface area contributed by atoms with E-state index in [4.69, 9.17) is 32.7 Å². The molecular formula is C23H13Cl2F2NO3. The molecular weight excluding hydrogens is 447 g/mol. The van der Waals surface area contributed by atoms with Crippen LogP contribution in [-0.2, 0) is 16.1 Å². The number of hydrogen-bond donors (Lipinski definition) is 0. The van der Waals surface area contributed by atoms with Crippen LogP contribution in [0.15, 0.2) is 71.4 Å². The Morgan fingerprint density at radius 1 is 0.968 bits per heavy atom. The Kier molecular flexibility index (Phi) is 6.02. The lowest BCUT2D eigenvalue weighted by Gasteiger charge is -2.10. The minimum atomic E-state index is -1.13. The summed E-state index contributed by atoms with van der Waals surface area (Å²) in [5.74, 6) is -2.71. The third kappa shape index (κ3) is 4.60. The highest BCUT2D eigenvalue weighted by molar-refractivity contribution is 6.34. The Balaban J connectivity index is 1.62. The van der Waals surface area contributed by atoms with Crippen LogP contribution in [0.4, 0.5) is 8.78 Å². The van der Waals surface area contributed by atoms with Gasteiger partial charge in [0.2, 0.25) is 5.90 Å². The summed E-state index contributed by atoms with van der Waals surface area (Å²) in [5.41, 5.74) is 1.31. The van der Waals surface area contributed by atoms with Crippen molar-refractivity contribution in [1.29, 1.82) is 0 Å². The van der Waals surface area contributed by atoms with Crippen molar-refractivity contribution in [3.8, 4) is 5.75 Å². The van der Waals surface area contributed by atoms with Gasteiger partial charge in [0.1, 0.15) is 12.4 Å². The summed E-state index contributed by atoms with van der Waals surface area (Å²) >= 11 is 12.1. The molecule has 0 bridgehead atoms. The number of carbonyl (C=O) groups is 1. The second-order valence-electron chi connectivity index (χ2n) is 6.50. The smallest absolute Gasteiger partial charge is 0.363 e. The first-order valence-corrected chi connectivity index (χ1v) is 9.80. The number of halogens is 4. The number of benzene rings is 3. The molecule has 1 aliphatic heterocycles. The van der Waals surface area contributed by atoms with Crippen LogP contribution < -0.4 is 4.74 Å². The zero-order valence-electron chi connectivity index (χ0n) is 15.7. The topological polar surface area (TPSA) is 47.9 Å². The van der Waals surface area contributed by atoms with Crippen molar-refractivity contribution in [3.05, 3.63) is 105 Å². The number of rotatable bonds is 5. The average Bonchev–Trinajstić information content (AvgIpc) is 3.11. The van der Waals surface area contributed by atoms with Gasteiger partial charge < -0.3 is 9.47 Å². The molecule has 0 amide bonds. The first kappa shape index (κ1) is 21.0. The molecule has 1 aliphatic rings. The Hall–Kier alpha value is -3.22. The van der Waals surface area contributed by atoms with Crippen LogP contribution >= 0.6 is 23.2 Å². The summed E-state index contributed by atoms with van der Waals surface area (Å²) in [7, 11) is 0. The van der Waals surface area contributed by atoms with Crippen molar-refractivity contribution < 1.29 is 23.0 Å². The molecule has 0 atom stereocenters. The monoisotopic (exact) mass is 459 g/mol. The van der Waals surface area contributed by atoms with Crippen LogP contribution in [0.1, 0.15) is 16.7 Å². The molecule has 0 fully saturated rings. The molecule has 0 aromatic heterocycles. The SMILES string of the molecule is O=C1OC(c2cc(F)c(F)cc2Cl)=N/C1=C\c1ccccc1OCc1ccccc1Cl. The largest absolute Gasteiger partial charge is 0.488 e. The minimum absolute atomic E-state index is 0.0272. The average molecular weight is 460 g/mol. The lowest BCUT2D eigenvalue weighted by atomic mass is 10.1. The van der Waals surface area contributed by atoms with Crippen molar-refractivity contribution >= 4 is 41.1 Å². The summed E-state index contributed by atoms with van der Waals surface area (Å²) in [6.07, 6.45) is 1.48. The molecule has 0 unspecified atom stereocenters. The van der Waals surface area contributed by atoms with Gasteiger partial charge in [-0.05, 0) is 30.3 Å². The number of esters is 1. The molecule has 0 aliphatic carbocycles. The summed E-state index contributed by atoms with van der Waals surface area (Å²) in [4.78, 5) is 16.4. The van der Waals surface area contributed by atoms with Gasteiger partial charge in [0.05, 0.1) is 10.6 Å². The molecule has 0 N–H and O–H groups in total. The second kappa shape index (κ2) is 8.88. The van der Waals surface area contributed by atoms with Crippen LogP contribution in [0.2, 0.25) is 10.0 Å². The van der Waals surface area contributed by atoms with E-state index in [1.165, 1.54) is 6.08 Å². The van der Waals surface area contributed by atoms with Gasteiger partial charge in [-0.2, -0.15) is 0 Å². The van der Waals surface area contributed by atoms with E-state index in [0.717, 1.165) is 17.7 Å². The van der Waals surface area contributed by atoms with Gasteiger partial charge in [-0.1, -0.05) is 59.6 Å². The molecule has 0 saturated heterocycles. The van der Waals surface area contributed by atoms with Crippen molar-refractivity contribution in [2.24, 2.45) is 4.99 Å². The van der Waals surface area contributed by atoms with Crippen molar-refractivity contribution in [2.75, 3.05) is 0 Å². The number of cyclic esters (lactones) is 1. The quantitative estimate of drug-likeness (QED) is 0.259. The Morgan fingerprint density at radius 2 is 1.68 bits per heavy atom. The predicted molar refractivity (Wildman–Crippen MR) is 114 cm³/mol. The lowest BCUT2D eigenvalue weighted by Crippen LogP contribution is -2.07. The number of hydrogen-bond acceptors (Lipinski definition) is 4. The van der Waals surface area contributed by atoms with Gasteiger partial charge in [-0.25, -0.2) is 18.6 Å².